The number of halogens is 1. The molecule has 0 spiro atoms. The summed E-state index contributed by atoms with van der Waals surface area (Å²) in [4.78, 5) is 0. The van der Waals surface area contributed by atoms with Crippen LogP contribution in [0.25, 0.3) is 16.9 Å². The van der Waals surface area contributed by atoms with Crippen LogP contribution in [0.4, 0.5) is 4.39 Å². The highest BCUT2D eigenvalue weighted by Crippen LogP contribution is 2.20. The Labute approximate surface area is 144 Å². The lowest BCUT2D eigenvalue weighted by Crippen LogP contribution is -2.31. The number of guanidine groups is 1. The molecule has 1 heterocycles. The fourth-order valence-corrected chi connectivity index (χ4v) is 2.37. The number of aryl methyl sites for hydroxylation is 1. The van der Waals surface area contributed by atoms with E-state index in [4.69, 9.17) is 11.5 Å². The molecule has 0 radical (unpaired) electrons. The van der Waals surface area contributed by atoms with Crippen molar-refractivity contribution in [2.24, 2.45) is 21.7 Å². The van der Waals surface area contributed by atoms with E-state index in [9.17, 15) is 4.39 Å². The molecular weight excluding hydrogens is 319 g/mol. The van der Waals surface area contributed by atoms with Crippen LogP contribution >= 0.6 is 0 Å². The number of rotatable bonds is 4. The molecule has 0 aliphatic heterocycles. The van der Waals surface area contributed by atoms with Crippen LogP contribution in [-0.4, -0.2) is 17.3 Å². The topological polar surface area (TPSA) is 96.4 Å². The number of nitrogens with zero attached hydrogens (tertiary/aromatic N) is 3. The van der Waals surface area contributed by atoms with E-state index in [0.29, 0.717) is 0 Å². The van der Waals surface area contributed by atoms with Crippen molar-refractivity contribution in [3.63, 3.8) is 0 Å². The zero-order chi connectivity index (χ0) is 17.8. The minimum absolute atomic E-state index is 0.116. The van der Waals surface area contributed by atoms with E-state index >= 15 is 0 Å². The molecule has 2 aromatic carbocycles. The average molecular weight is 337 g/mol. The van der Waals surface area contributed by atoms with Gasteiger partial charge in [-0.05, 0) is 19.1 Å². The van der Waals surface area contributed by atoms with E-state index in [1.807, 2.05) is 37.4 Å². The van der Waals surface area contributed by atoms with Crippen molar-refractivity contribution in [1.82, 2.24) is 5.10 Å². The summed E-state index contributed by atoms with van der Waals surface area (Å²) in [7, 11) is 0. The molecule has 3 aromatic rings. The lowest BCUT2D eigenvalue weighted by atomic mass is 10.1. The second-order valence-corrected chi connectivity index (χ2v) is 5.55. The minimum Gasteiger partial charge on any atom is -0.369 e. The van der Waals surface area contributed by atoms with Gasteiger partial charge in [0.1, 0.15) is 11.5 Å². The van der Waals surface area contributed by atoms with Crippen LogP contribution < -0.4 is 16.1 Å². The van der Waals surface area contributed by atoms with Crippen LogP contribution in [0, 0.1) is 12.7 Å². The molecule has 0 fully saturated rings. The summed E-state index contributed by atoms with van der Waals surface area (Å²) < 4.78 is 14.9. The summed E-state index contributed by atoms with van der Waals surface area (Å²) in [6, 6.07) is 14.2. The first kappa shape index (κ1) is 16.4. The number of hydrogen-bond acceptors (Lipinski definition) is 2. The number of aromatic amines is 1. The van der Waals surface area contributed by atoms with Crippen LogP contribution in [0.15, 0.2) is 64.9 Å². The van der Waals surface area contributed by atoms with Gasteiger partial charge in [-0.15, -0.1) is 5.10 Å². The van der Waals surface area contributed by atoms with Gasteiger partial charge in [0.05, 0.1) is 11.8 Å². The zero-order valence-corrected chi connectivity index (χ0v) is 13.6. The lowest BCUT2D eigenvalue weighted by Gasteiger charge is -1.98. The summed E-state index contributed by atoms with van der Waals surface area (Å²) in [5, 5.41) is 10.8. The lowest BCUT2D eigenvalue weighted by molar-refractivity contribution is -0.654. The molecule has 25 heavy (non-hydrogen) atoms. The molecule has 0 aliphatic rings. The Morgan fingerprint density at radius 3 is 2.40 bits per heavy atom. The average Bonchev–Trinajstić information content (AvgIpc) is 3.00. The summed E-state index contributed by atoms with van der Waals surface area (Å²) in [5.74, 6) is -0.403. The molecule has 0 amide bonds. The summed E-state index contributed by atoms with van der Waals surface area (Å²) in [6.45, 7) is 2.03. The molecule has 0 unspecified atom stereocenters. The predicted octanol–water partition coefficient (Wildman–Crippen LogP) is 2.01. The Morgan fingerprint density at radius 2 is 1.76 bits per heavy atom. The number of benzene rings is 2. The number of hydrogen-bond donors (Lipinski definition) is 3. The first-order valence-electron chi connectivity index (χ1n) is 7.62. The third-order valence-electron chi connectivity index (χ3n) is 3.60. The highest BCUT2D eigenvalue weighted by molar-refractivity contribution is 5.88. The molecule has 0 atom stereocenters. The number of H-pyrrole nitrogens is 1. The van der Waals surface area contributed by atoms with Gasteiger partial charge in [-0.2, -0.15) is 10.2 Å². The SMILES string of the molecule is Cc1ccc(-c2[nH][n+](-c3ccc(F)cc3)cc2/C=N/N=C(N)N)cc1. The summed E-state index contributed by atoms with van der Waals surface area (Å²) in [6.07, 6.45) is 3.40. The van der Waals surface area contributed by atoms with Gasteiger partial charge in [-0.3, -0.25) is 0 Å². The van der Waals surface area contributed by atoms with Crippen LogP contribution in [0.1, 0.15) is 11.1 Å². The molecule has 0 saturated carbocycles. The number of nitrogens with one attached hydrogen (secondary N) is 1. The predicted molar refractivity (Wildman–Crippen MR) is 95.9 cm³/mol. The maximum Gasteiger partial charge on any atom is 0.235 e. The zero-order valence-electron chi connectivity index (χ0n) is 13.6. The van der Waals surface area contributed by atoms with Gasteiger partial charge in [0.25, 0.3) is 0 Å². The van der Waals surface area contributed by atoms with Gasteiger partial charge in [-0.25, -0.2) is 4.39 Å². The minimum atomic E-state index is -0.288. The Hall–Kier alpha value is -3.48. The van der Waals surface area contributed by atoms with Gasteiger partial charge >= 0.3 is 0 Å². The highest BCUT2D eigenvalue weighted by Gasteiger charge is 2.17. The Bertz CT molecular complexity index is 919. The Morgan fingerprint density at radius 1 is 1.08 bits per heavy atom. The van der Waals surface area contributed by atoms with Crippen molar-refractivity contribution in [3.05, 3.63) is 71.7 Å². The third-order valence-corrected chi connectivity index (χ3v) is 3.60. The maximum absolute atomic E-state index is 13.2. The molecule has 0 saturated heterocycles. The molecule has 126 valence electrons. The van der Waals surface area contributed by atoms with Crippen molar-refractivity contribution >= 4 is 12.2 Å². The fourth-order valence-electron chi connectivity index (χ4n) is 2.37. The van der Waals surface area contributed by atoms with Gasteiger partial charge < -0.3 is 11.5 Å². The monoisotopic (exact) mass is 337 g/mol. The van der Waals surface area contributed by atoms with Crippen molar-refractivity contribution in [2.45, 2.75) is 6.92 Å². The molecular formula is C18H18FN6+. The largest absolute Gasteiger partial charge is 0.369 e. The Kier molecular flexibility index (Phi) is 4.56. The van der Waals surface area contributed by atoms with Crippen molar-refractivity contribution in [2.75, 3.05) is 0 Å². The molecule has 0 aliphatic carbocycles. The van der Waals surface area contributed by atoms with Crippen LogP contribution in [0.5, 0.6) is 0 Å². The van der Waals surface area contributed by atoms with Gasteiger partial charge in [-0.1, -0.05) is 34.5 Å². The molecule has 1 aromatic heterocycles. The molecule has 0 bridgehead atoms. The number of nitrogens with two attached hydrogens (primary N) is 2. The van der Waals surface area contributed by atoms with Crippen molar-refractivity contribution < 1.29 is 9.07 Å². The molecule has 3 rings (SSSR count). The van der Waals surface area contributed by atoms with Crippen molar-refractivity contribution in [1.29, 1.82) is 0 Å². The first-order valence-corrected chi connectivity index (χ1v) is 7.62. The molecule has 6 nitrogen and oxygen atoms in total. The summed E-state index contributed by atoms with van der Waals surface area (Å²) >= 11 is 0. The van der Waals surface area contributed by atoms with E-state index in [-0.39, 0.29) is 11.8 Å². The van der Waals surface area contributed by atoms with Crippen LogP contribution in [0.3, 0.4) is 0 Å². The normalized spacial score (nSPS) is 11.0. The van der Waals surface area contributed by atoms with E-state index < -0.39 is 0 Å². The van der Waals surface area contributed by atoms with Gasteiger partial charge in [0, 0.05) is 17.7 Å². The van der Waals surface area contributed by atoms with Gasteiger partial charge in [0.2, 0.25) is 17.8 Å². The smallest absolute Gasteiger partial charge is 0.235 e. The van der Waals surface area contributed by atoms with Crippen LogP contribution in [-0.2, 0) is 0 Å². The first-order chi connectivity index (χ1) is 12.0. The number of aromatic nitrogens is 2. The van der Waals surface area contributed by atoms with Gasteiger partial charge in [0.15, 0.2) is 0 Å². The van der Waals surface area contributed by atoms with Crippen molar-refractivity contribution in [3.8, 4) is 16.9 Å². The van der Waals surface area contributed by atoms with E-state index in [1.54, 1.807) is 23.0 Å². The Balaban J connectivity index is 2.07. The second kappa shape index (κ2) is 6.96. The molecule has 7 heteroatoms. The maximum atomic E-state index is 13.2. The highest BCUT2D eigenvalue weighted by atomic mass is 19.1. The quantitative estimate of drug-likeness (QED) is 0.294. The van der Waals surface area contributed by atoms with E-state index in [2.05, 4.69) is 15.3 Å². The van der Waals surface area contributed by atoms with Crippen LogP contribution in [0.2, 0.25) is 0 Å². The second-order valence-electron chi connectivity index (χ2n) is 5.55. The third kappa shape index (κ3) is 3.89. The standard InChI is InChI=1S/C18H17FN6/c1-12-2-4-13(5-3-12)17-14(10-22-23-18(20)21)11-25(24-17)16-8-6-15(19)7-9-16/h2-11H,1H3,(H4,20,21,23)/p+1/b22-10+. The summed E-state index contributed by atoms with van der Waals surface area (Å²) in [5.41, 5.74) is 15.2. The fraction of sp³-hybridized carbons (Fsp3) is 0.0556. The van der Waals surface area contributed by atoms with E-state index in [1.165, 1.54) is 12.1 Å². The van der Waals surface area contributed by atoms with E-state index in [0.717, 1.165) is 28.1 Å². The molecule has 5 N–H and O–H groups in total.